The highest BCUT2D eigenvalue weighted by molar-refractivity contribution is 9.10. The van der Waals surface area contributed by atoms with Crippen LogP contribution < -0.4 is 0 Å². The van der Waals surface area contributed by atoms with E-state index in [0.717, 1.165) is 0 Å². The number of rotatable bonds is 29. The molecule has 20 nitrogen and oxygen atoms in total. The van der Waals surface area contributed by atoms with Crippen molar-refractivity contribution in [2.45, 2.75) is 321 Å². The van der Waals surface area contributed by atoms with Crippen LogP contribution in [0.2, 0.25) is 0 Å². The zero-order valence-corrected chi connectivity index (χ0v) is 62.4. The topological polar surface area (TPSA) is 263 Å². The van der Waals surface area contributed by atoms with Crippen LogP contribution in [0, 0.1) is 52.8 Å². The molecule has 0 aromatic carbocycles. The molecule has 0 aromatic heterocycles. The summed E-state index contributed by atoms with van der Waals surface area (Å²) in [5, 5.41) is 0. The first-order valence-corrected chi connectivity index (χ1v) is 32.7. The van der Waals surface area contributed by atoms with Crippen molar-refractivity contribution >= 4 is 75.6 Å². The molecule has 9 unspecified atom stereocenters. The molecule has 0 amide bonds. The summed E-state index contributed by atoms with van der Waals surface area (Å²) in [6.45, 7) is 49.6. The number of hydrogen-bond donors (Lipinski definition) is 0. The Morgan fingerprint density at radius 3 is 0.589 bits per heavy atom. The van der Waals surface area contributed by atoms with Crippen LogP contribution in [-0.4, -0.2) is 122 Å². The molecule has 0 rings (SSSR count). The van der Waals surface area contributed by atoms with Crippen LogP contribution in [0.1, 0.15) is 265 Å². The van der Waals surface area contributed by atoms with Crippen LogP contribution in [-0.2, 0) is 95.3 Å². The molecule has 0 N–H and O–H groups in total. The van der Waals surface area contributed by atoms with Crippen molar-refractivity contribution < 1.29 is 95.3 Å². The van der Waals surface area contributed by atoms with Gasteiger partial charge in [0.15, 0.2) is 0 Å². The zero-order valence-electron chi connectivity index (χ0n) is 60.8. The van der Waals surface area contributed by atoms with Gasteiger partial charge in [0.1, 0.15) is 55.2 Å². The molecule has 0 radical (unpaired) electrons. The summed E-state index contributed by atoms with van der Waals surface area (Å²) in [5.41, 5.74) is -10.9. The standard InChI is InChI=1S/C69H119BrO20/c1-31-81-59(80)69(29,30)40-48(57(78)89-67(23,24)25)38-46(55(76)87-65(17,18)19)36-44(53(74)85-63(11,12)13)34-42(51(72)83-61(5,6)7)32-41(50(71)82-60(2,3)4)33-43(52(73)84-62(8,9)10)35-45(54(75)86-64(14,15)16)37-47(56(77)88-66(20,21)22)39-49(70)58(79)90-68(26,27)28/h41-49H,31-40H2,1-30H3. The minimum Gasteiger partial charge on any atom is -0.466 e. The van der Waals surface area contributed by atoms with Crippen LogP contribution in [0.15, 0.2) is 0 Å². The molecule has 90 heavy (non-hydrogen) atoms. The van der Waals surface area contributed by atoms with Gasteiger partial charge in [-0.25, -0.2) is 0 Å². The van der Waals surface area contributed by atoms with Gasteiger partial charge >= 0.3 is 59.7 Å². The van der Waals surface area contributed by atoms with Gasteiger partial charge in [-0.05, 0) is 265 Å². The Kier molecular flexibility index (Phi) is 31.6. The second kappa shape index (κ2) is 33.3. The molecule has 0 bridgehead atoms. The highest BCUT2D eigenvalue weighted by atomic mass is 79.9. The number of esters is 10. The fraction of sp³-hybridized carbons (Fsp3) is 0.855. The van der Waals surface area contributed by atoms with E-state index in [0.29, 0.717) is 0 Å². The fourth-order valence-electron chi connectivity index (χ4n) is 9.51. The van der Waals surface area contributed by atoms with Gasteiger partial charge in [0, 0.05) is 0 Å². The summed E-state index contributed by atoms with van der Waals surface area (Å²) in [5.74, 6) is -18.3. The average Bonchev–Trinajstić information content (AvgIpc) is 0.990. The second-order valence-electron chi connectivity index (χ2n) is 33.5. The smallest absolute Gasteiger partial charge is 0.320 e. The second-order valence-corrected chi connectivity index (χ2v) is 34.6. The molecule has 0 spiro atoms. The van der Waals surface area contributed by atoms with Crippen LogP contribution in [0.25, 0.3) is 0 Å². The molecule has 0 aliphatic rings. The van der Waals surface area contributed by atoms with Gasteiger partial charge in [0.25, 0.3) is 0 Å². The third kappa shape index (κ3) is 37.6. The Bertz CT molecular complexity index is 2410. The number of ether oxygens (including phenoxy) is 10. The maximum absolute atomic E-state index is 15.1. The van der Waals surface area contributed by atoms with Crippen molar-refractivity contribution in [2.24, 2.45) is 52.8 Å². The summed E-state index contributed by atoms with van der Waals surface area (Å²) in [4.78, 5) is 144. The quantitative estimate of drug-likeness (QED) is 0.0383. The molecule has 522 valence electrons. The summed E-state index contributed by atoms with van der Waals surface area (Å²) < 4.78 is 59.1. The Labute approximate surface area is 548 Å². The Morgan fingerprint density at radius 2 is 0.411 bits per heavy atom. The van der Waals surface area contributed by atoms with E-state index < -0.39 is 193 Å². The van der Waals surface area contributed by atoms with E-state index in [4.69, 9.17) is 47.4 Å². The number of hydrogen-bond acceptors (Lipinski definition) is 20. The Balaban J connectivity index is 8.88. The van der Waals surface area contributed by atoms with Gasteiger partial charge < -0.3 is 47.4 Å². The van der Waals surface area contributed by atoms with Crippen LogP contribution in [0.4, 0.5) is 0 Å². The van der Waals surface area contributed by atoms with Crippen molar-refractivity contribution in [2.75, 3.05) is 6.61 Å². The van der Waals surface area contributed by atoms with E-state index in [1.165, 1.54) is 0 Å². The number of alkyl halides is 1. The molecule has 9 atom stereocenters. The number of carbonyl (C=O) groups excluding carboxylic acids is 10. The first-order chi connectivity index (χ1) is 39.9. The van der Waals surface area contributed by atoms with E-state index in [1.807, 2.05) is 0 Å². The van der Waals surface area contributed by atoms with Crippen molar-refractivity contribution in [1.29, 1.82) is 0 Å². The third-order valence-corrected chi connectivity index (χ3v) is 13.4. The van der Waals surface area contributed by atoms with E-state index in [1.54, 1.807) is 208 Å². The van der Waals surface area contributed by atoms with E-state index in [9.17, 15) is 38.4 Å². The van der Waals surface area contributed by atoms with Gasteiger partial charge in [-0.1, -0.05) is 15.9 Å². The minimum absolute atomic E-state index is 0.0618. The maximum atomic E-state index is 15.1. The van der Waals surface area contributed by atoms with Gasteiger partial charge in [0.05, 0.1) is 59.4 Å². The largest absolute Gasteiger partial charge is 0.466 e. The van der Waals surface area contributed by atoms with Gasteiger partial charge in [-0.15, -0.1) is 0 Å². The van der Waals surface area contributed by atoms with Crippen LogP contribution in [0.5, 0.6) is 0 Å². The average molecular weight is 1350 g/mol. The molecule has 0 saturated carbocycles. The monoisotopic (exact) mass is 1350 g/mol. The van der Waals surface area contributed by atoms with E-state index in [2.05, 4.69) is 15.9 Å². The lowest BCUT2D eigenvalue weighted by Crippen LogP contribution is -2.40. The zero-order chi connectivity index (χ0) is 71.1. The molecule has 0 saturated heterocycles. The number of carbonyl (C=O) groups is 10. The van der Waals surface area contributed by atoms with Gasteiger partial charge in [-0.2, -0.15) is 0 Å². The highest BCUT2D eigenvalue weighted by Gasteiger charge is 2.46. The van der Waals surface area contributed by atoms with Crippen LogP contribution >= 0.6 is 15.9 Å². The molecule has 0 aliphatic heterocycles. The number of halogens is 1. The summed E-state index contributed by atoms with van der Waals surface area (Å²) in [6, 6.07) is 0. The molecular weight excluding hydrogens is 1230 g/mol. The highest BCUT2D eigenvalue weighted by Crippen LogP contribution is 2.40. The lowest BCUT2D eigenvalue weighted by molar-refractivity contribution is -0.171. The predicted octanol–water partition coefficient (Wildman–Crippen LogP) is 13.9. The van der Waals surface area contributed by atoms with Crippen LogP contribution in [0.3, 0.4) is 0 Å². The van der Waals surface area contributed by atoms with Crippen molar-refractivity contribution in [1.82, 2.24) is 0 Å². The van der Waals surface area contributed by atoms with E-state index in [-0.39, 0.29) is 38.7 Å². The molecule has 0 aromatic rings. The summed E-state index contributed by atoms with van der Waals surface area (Å²) in [7, 11) is 0. The predicted molar refractivity (Wildman–Crippen MR) is 345 cm³/mol. The first-order valence-electron chi connectivity index (χ1n) is 31.8. The van der Waals surface area contributed by atoms with E-state index >= 15 is 9.59 Å². The molecular formula is C69H119BrO20. The lowest BCUT2D eigenvalue weighted by Gasteiger charge is -2.34. The molecule has 0 aliphatic carbocycles. The SMILES string of the molecule is CCOC(=O)C(C)(C)CC(CC(CC(CC(CC(CC(CC(CC(CC(Br)C(=O)OC(C)(C)C)C(=O)OC(C)(C)C)C(=O)OC(C)(C)C)C(=O)OC(C)(C)C)C(=O)OC(C)(C)C)C(=O)OC(C)(C)C)C(=O)OC(C)(C)C)C(=O)OC(C)(C)C)C(=O)OC(C)(C)C. The normalized spacial score (nSPS) is 16.2. The van der Waals surface area contributed by atoms with Crippen molar-refractivity contribution in [3.05, 3.63) is 0 Å². The molecule has 0 fully saturated rings. The summed E-state index contributed by atoms with van der Waals surface area (Å²) >= 11 is 3.42. The van der Waals surface area contributed by atoms with Gasteiger partial charge in [-0.3, -0.25) is 47.9 Å². The van der Waals surface area contributed by atoms with Crippen molar-refractivity contribution in [3.63, 3.8) is 0 Å². The fourth-order valence-corrected chi connectivity index (χ4v) is 10.1. The Hall–Kier alpha value is -4.82. The third-order valence-electron chi connectivity index (χ3n) is 12.6. The first kappa shape index (κ1) is 85.2. The minimum atomic E-state index is -1.41. The van der Waals surface area contributed by atoms with Gasteiger partial charge in [0.2, 0.25) is 0 Å². The Morgan fingerprint density at radius 1 is 0.256 bits per heavy atom. The molecule has 21 heteroatoms. The summed E-state index contributed by atoms with van der Waals surface area (Å²) in [6.07, 6.45) is -3.09. The maximum Gasteiger partial charge on any atom is 0.320 e. The van der Waals surface area contributed by atoms with Crippen molar-refractivity contribution in [3.8, 4) is 0 Å². The lowest BCUT2D eigenvalue weighted by atomic mass is 9.75. The molecule has 0 heterocycles.